The lowest BCUT2D eigenvalue weighted by molar-refractivity contribution is -0.138. The highest BCUT2D eigenvalue weighted by Gasteiger charge is 2.30. The van der Waals surface area contributed by atoms with Crippen molar-refractivity contribution in [1.82, 2.24) is 0 Å². The second-order valence-corrected chi connectivity index (χ2v) is 4.54. The van der Waals surface area contributed by atoms with Crippen LogP contribution in [-0.2, 0) is 9.53 Å². The zero-order valence-corrected chi connectivity index (χ0v) is 11.3. The standard InChI is InChI=1S/C16H18O2/c1-5-18-16(17)15-12(4)11(3)14(15)13-9-7-6-8-10(13)2/h6-9H,5H2,1-4H3. The van der Waals surface area contributed by atoms with Gasteiger partial charge in [-0.3, -0.25) is 0 Å². The maximum Gasteiger partial charge on any atom is 0.339 e. The van der Waals surface area contributed by atoms with Gasteiger partial charge in [-0.2, -0.15) is 0 Å². The van der Waals surface area contributed by atoms with Crippen molar-refractivity contribution in [3.8, 4) is 0 Å². The molecule has 0 saturated heterocycles. The molecule has 1 aliphatic carbocycles. The number of rotatable bonds is 3. The summed E-state index contributed by atoms with van der Waals surface area (Å²) in [5.41, 5.74) is 6.33. The van der Waals surface area contributed by atoms with Crippen LogP contribution in [0.15, 0.2) is 41.0 Å². The first kappa shape index (κ1) is 12.6. The van der Waals surface area contributed by atoms with Crippen LogP contribution < -0.4 is 0 Å². The Morgan fingerprint density at radius 2 is 1.78 bits per heavy atom. The molecule has 18 heavy (non-hydrogen) atoms. The highest BCUT2D eigenvalue weighted by molar-refractivity contribution is 6.11. The van der Waals surface area contributed by atoms with Gasteiger partial charge in [-0.15, -0.1) is 0 Å². The van der Waals surface area contributed by atoms with Crippen LogP contribution in [0.1, 0.15) is 31.9 Å². The number of allylic oxidation sites excluding steroid dienone is 2. The van der Waals surface area contributed by atoms with Crippen LogP contribution in [0.4, 0.5) is 0 Å². The Hall–Kier alpha value is -1.83. The molecule has 1 aromatic carbocycles. The Morgan fingerprint density at radius 1 is 1.11 bits per heavy atom. The summed E-state index contributed by atoms with van der Waals surface area (Å²) in [7, 11) is 0. The molecule has 0 spiro atoms. The first-order valence-electron chi connectivity index (χ1n) is 6.23. The molecule has 0 amide bonds. The second kappa shape index (κ2) is 4.81. The van der Waals surface area contributed by atoms with Gasteiger partial charge in [0.05, 0.1) is 12.2 Å². The van der Waals surface area contributed by atoms with Gasteiger partial charge in [0.25, 0.3) is 0 Å². The van der Waals surface area contributed by atoms with Gasteiger partial charge in [0, 0.05) is 0 Å². The van der Waals surface area contributed by atoms with E-state index in [9.17, 15) is 4.79 Å². The number of ether oxygens (including phenoxy) is 1. The fourth-order valence-electron chi connectivity index (χ4n) is 2.34. The van der Waals surface area contributed by atoms with Crippen LogP contribution in [0.25, 0.3) is 5.57 Å². The van der Waals surface area contributed by atoms with E-state index >= 15 is 0 Å². The van der Waals surface area contributed by atoms with Crippen molar-refractivity contribution in [1.29, 1.82) is 0 Å². The lowest BCUT2D eigenvalue weighted by atomic mass is 9.77. The second-order valence-electron chi connectivity index (χ2n) is 4.54. The molecule has 0 atom stereocenters. The predicted molar refractivity (Wildman–Crippen MR) is 73.1 cm³/mol. The summed E-state index contributed by atoms with van der Waals surface area (Å²) in [6.45, 7) is 8.33. The van der Waals surface area contributed by atoms with Crippen molar-refractivity contribution in [2.75, 3.05) is 6.61 Å². The molecule has 1 aliphatic rings. The molecule has 0 radical (unpaired) electrons. The molecule has 0 N–H and O–H groups in total. The molecule has 0 aromatic heterocycles. The van der Waals surface area contributed by atoms with E-state index in [0.29, 0.717) is 6.61 Å². The predicted octanol–water partition coefficient (Wildman–Crippen LogP) is 3.66. The largest absolute Gasteiger partial charge is 0.462 e. The summed E-state index contributed by atoms with van der Waals surface area (Å²) in [5.74, 6) is -0.209. The molecular formula is C16H18O2. The number of esters is 1. The number of aryl methyl sites for hydroxylation is 1. The van der Waals surface area contributed by atoms with Gasteiger partial charge in [-0.05, 0) is 55.5 Å². The minimum atomic E-state index is -0.209. The topological polar surface area (TPSA) is 26.3 Å². The van der Waals surface area contributed by atoms with Crippen molar-refractivity contribution in [3.63, 3.8) is 0 Å². The number of hydrogen-bond donors (Lipinski definition) is 0. The van der Waals surface area contributed by atoms with E-state index in [1.807, 2.05) is 26.0 Å². The number of carbonyl (C=O) groups excluding carboxylic acids is 1. The summed E-state index contributed by atoms with van der Waals surface area (Å²) in [6, 6.07) is 8.12. The highest BCUT2D eigenvalue weighted by atomic mass is 16.5. The minimum Gasteiger partial charge on any atom is -0.462 e. The summed E-state index contributed by atoms with van der Waals surface area (Å²) in [5, 5.41) is 0. The lowest BCUT2D eigenvalue weighted by Crippen LogP contribution is -2.19. The van der Waals surface area contributed by atoms with E-state index < -0.39 is 0 Å². The monoisotopic (exact) mass is 242 g/mol. The van der Waals surface area contributed by atoms with Crippen molar-refractivity contribution >= 4 is 11.5 Å². The first-order chi connectivity index (χ1) is 8.57. The minimum absolute atomic E-state index is 0.209. The first-order valence-corrected chi connectivity index (χ1v) is 6.23. The van der Waals surface area contributed by atoms with Crippen LogP contribution in [0.2, 0.25) is 0 Å². The van der Waals surface area contributed by atoms with E-state index in [2.05, 4.69) is 26.0 Å². The van der Waals surface area contributed by atoms with Crippen molar-refractivity contribution in [2.45, 2.75) is 27.7 Å². The zero-order chi connectivity index (χ0) is 13.3. The molecule has 1 aromatic rings. The third-order valence-corrected chi connectivity index (χ3v) is 3.46. The van der Waals surface area contributed by atoms with Crippen molar-refractivity contribution in [2.24, 2.45) is 0 Å². The summed E-state index contributed by atoms with van der Waals surface area (Å²) in [4.78, 5) is 12.0. The number of carbonyl (C=O) groups is 1. The van der Waals surface area contributed by atoms with Gasteiger partial charge >= 0.3 is 5.97 Å². The van der Waals surface area contributed by atoms with Gasteiger partial charge in [0.2, 0.25) is 0 Å². The Kier molecular flexibility index (Phi) is 3.37. The average Bonchev–Trinajstić information content (AvgIpc) is 2.36. The third kappa shape index (κ3) is 1.88. The number of benzene rings is 1. The Balaban J connectivity index is 2.47. The maximum atomic E-state index is 12.0. The van der Waals surface area contributed by atoms with E-state index in [1.165, 1.54) is 11.1 Å². The molecule has 0 aliphatic heterocycles. The molecule has 2 heteroatoms. The molecule has 0 saturated carbocycles. The van der Waals surface area contributed by atoms with E-state index in [0.717, 1.165) is 22.3 Å². The molecule has 0 fully saturated rings. The van der Waals surface area contributed by atoms with Gasteiger partial charge in [0.15, 0.2) is 0 Å². The average molecular weight is 242 g/mol. The van der Waals surface area contributed by atoms with Crippen molar-refractivity contribution < 1.29 is 9.53 Å². The van der Waals surface area contributed by atoms with Crippen LogP contribution in [0.5, 0.6) is 0 Å². The fourth-order valence-corrected chi connectivity index (χ4v) is 2.34. The quantitative estimate of drug-likeness (QED) is 0.756. The van der Waals surface area contributed by atoms with E-state index in [4.69, 9.17) is 4.74 Å². The van der Waals surface area contributed by atoms with Gasteiger partial charge < -0.3 is 4.74 Å². The highest BCUT2D eigenvalue weighted by Crippen LogP contribution is 2.42. The summed E-state index contributed by atoms with van der Waals surface area (Å²) in [6.07, 6.45) is 0. The summed E-state index contributed by atoms with van der Waals surface area (Å²) < 4.78 is 5.13. The van der Waals surface area contributed by atoms with Gasteiger partial charge in [0.1, 0.15) is 0 Å². The van der Waals surface area contributed by atoms with Crippen LogP contribution in [-0.4, -0.2) is 12.6 Å². The molecule has 2 nitrogen and oxygen atoms in total. The van der Waals surface area contributed by atoms with Crippen LogP contribution in [0, 0.1) is 6.92 Å². The Labute approximate surface area is 108 Å². The normalized spacial score (nSPS) is 14.7. The lowest BCUT2D eigenvalue weighted by Gasteiger charge is -2.27. The molecule has 94 valence electrons. The Morgan fingerprint density at radius 3 is 2.39 bits per heavy atom. The molecule has 0 unspecified atom stereocenters. The van der Waals surface area contributed by atoms with E-state index in [-0.39, 0.29) is 5.97 Å². The fraction of sp³-hybridized carbons (Fsp3) is 0.312. The molecular weight excluding hydrogens is 224 g/mol. The smallest absolute Gasteiger partial charge is 0.339 e. The molecule has 0 heterocycles. The van der Waals surface area contributed by atoms with Gasteiger partial charge in [-0.1, -0.05) is 24.3 Å². The van der Waals surface area contributed by atoms with Gasteiger partial charge in [-0.25, -0.2) is 4.79 Å². The maximum absolute atomic E-state index is 12.0. The van der Waals surface area contributed by atoms with E-state index in [1.54, 1.807) is 0 Å². The molecule has 2 rings (SSSR count). The molecule has 0 bridgehead atoms. The summed E-state index contributed by atoms with van der Waals surface area (Å²) >= 11 is 0. The third-order valence-electron chi connectivity index (χ3n) is 3.46. The van der Waals surface area contributed by atoms with Crippen LogP contribution >= 0.6 is 0 Å². The Bertz CT molecular complexity index is 562. The van der Waals surface area contributed by atoms with Crippen LogP contribution in [0.3, 0.4) is 0 Å². The zero-order valence-electron chi connectivity index (χ0n) is 11.3. The number of hydrogen-bond acceptors (Lipinski definition) is 2. The SMILES string of the molecule is CCOC(=O)C1=C(c2ccccc2C)C(C)=C1C. The van der Waals surface area contributed by atoms with Crippen molar-refractivity contribution in [3.05, 3.63) is 52.1 Å².